The van der Waals surface area contributed by atoms with Gasteiger partial charge in [0, 0.05) is 51.0 Å². The van der Waals surface area contributed by atoms with Gasteiger partial charge in [-0.15, -0.1) is 0 Å². The van der Waals surface area contributed by atoms with Crippen LogP contribution in [0.3, 0.4) is 0 Å². The van der Waals surface area contributed by atoms with Crippen LogP contribution in [0, 0.1) is 17.1 Å². The molecule has 0 saturated carbocycles. The van der Waals surface area contributed by atoms with Gasteiger partial charge in [-0.2, -0.15) is 5.26 Å². The molecule has 6 aromatic rings. The highest BCUT2D eigenvalue weighted by Crippen LogP contribution is 2.36. The topological polar surface area (TPSA) is 147 Å². The Morgan fingerprint density at radius 3 is 2.32 bits per heavy atom. The molecule has 0 aliphatic carbocycles. The van der Waals surface area contributed by atoms with E-state index >= 15 is 0 Å². The SMILES string of the molecule is N#Cc1ccccc1-c1cc(-c2ccccn2)cn(-c2ccccc2)c1=O.O=C1C[C@@]2(C(=O)N1)C(=O)N(Cc1ccc(Br)cc1F)C(=O)c1cccn12. The summed E-state index contributed by atoms with van der Waals surface area (Å²) in [6.07, 6.45) is 4.52. The van der Waals surface area contributed by atoms with Gasteiger partial charge in [0.25, 0.3) is 23.3 Å². The third-order valence-corrected chi connectivity index (χ3v) is 9.45. The molecular weight excluding hydrogens is 743 g/mol. The monoisotopic (exact) mass is 768 g/mol. The largest absolute Gasteiger partial charge is 0.320 e. The Morgan fingerprint density at radius 2 is 1.62 bits per heavy atom. The van der Waals surface area contributed by atoms with Gasteiger partial charge in [-0.25, -0.2) is 4.39 Å². The number of amides is 4. The fourth-order valence-corrected chi connectivity index (χ4v) is 6.74. The number of fused-ring (bicyclic) bond motifs is 2. The smallest absolute Gasteiger partial charge is 0.277 e. The molecule has 53 heavy (non-hydrogen) atoms. The van der Waals surface area contributed by atoms with E-state index in [9.17, 15) is 33.6 Å². The van der Waals surface area contributed by atoms with E-state index in [0.717, 1.165) is 21.8 Å². The van der Waals surface area contributed by atoms with E-state index in [1.807, 2.05) is 54.6 Å². The van der Waals surface area contributed by atoms with Crippen LogP contribution in [-0.4, -0.2) is 42.6 Å². The molecule has 3 aromatic heterocycles. The lowest BCUT2D eigenvalue weighted by Gasteiger charge is -2.37. The van der Waals surface area contributed by atoms with E-state index < -0.39 is 41.4 Å². The van der Waals surface area contributed by atoms with Crippen LogP contribution >= 0.6 is 15.9 Å². The Morgan fingerprint density at radius 1 is 0.868 bits per heavy atom. The Hall–Kier alpha value is -6.78. The zero-order valence-electron chi connectivity index (χ0n) is 27.6. The van der Waals surface area contributed by atoms with Crippen molar-refractivity contribution in [3.63, 3.8) is 0 Å². The van der Waals surface area contributed by atoms with Crippen molar-refractivity contribution in [1.29, 1.82) is 5.26 Å². The number of hydrogen-bond donors (Lipinski definition) is 1. The third-order valence-electron chi connectivity index (χ3n) is 8.96. The number of hydrogen-bond acceptors (Lipinski definition) is 7. The van der Waals surface area contributed by atoms with Crippen LogP contribution in [0.4, 0.5) is 4.39 Å². The van der Waals surface area contributed by atoms with Crippen LogP contribution in [0.15, 0.2) is 137 Å². The summed E-state index contributed by atoms with van der Waals surface area (Å²) < 4.78 is 17.5. The molecule has 2 aliphatic rings. The minimum Gasteiger partial charge on any atom is -0.320 e. The number of pyridine rings is 2. The summed E-state index contributed by atoms with van der Waals surface area (Å²) in [5, 5.41) is 11.6. The summed E-state index contributed by atoms with van der Waals surface area (Å²) in [7, 11) is 0. The van der Waals surface area contributed by atoms with Gasteiger partial charge >= 0.3 is 0 Å². The number of halogens is 2. The van der Waals surface area contributed by atoms with Crippen molar-refractivity contribution >= 4 is 39.6 Å². The second-order valence-corrected chi connectivity index (χ2v) is 13.1. The highest BCUT2D eigenvalue weighted by Gasteiger charge is 2.60. The quantitative estimate of drug-likeness (QED) is 0.174. The number of carbonyl (C=O) groups excluding carboxylic acids is 4. The first kappa shape index (κ1) is 34.7. The molecule has 5 heterocycles. The van der Waals surface area contributed by atoms with Crippen LogP contribution in [0.5, 0.6) is 0 Å². The Bertz CT molecular complexity index is 2550. The van der Waals surface area contributed by atoms with Crippen LogP contribution in [0.1, 0.15) is 28.0 Å². The summed E-state index contributed by atoms with van der Waals surface area (Å²) in [6.45, 7) is -0.342. The maximum atomic E-state index is 14.2. The number of carbonyl (C=O) groups is 4. The van der Waals surface area contributed by atoms with Gasteiger partial charge in [-0.1, -0.05) is 64.5 Å². The summed E-state index contributed by atoms with van der Waals surface area (Å²) in [4.78, 5) is 68.6. The molecule has 3 aromatic carbocycles. The van der Waals surface area contributed by atoms with E-state index in [-0.39, 0.29) is 23.4 Å². The molecule has 1 saturated heterocycles. The predicted octanol–water partition coefficient (Wildman–Crippen LogP) is 5.75. The highest BCUT2D eigenvalue weighted by atomic mass is 79.9. The summed E-state index contributed by atoms with van der Waals surface area (Å²) in [5.74, 6) is -3.50. The number of aromatic nitrogens is 3. The number of nitrogens with one attached hydrogen (secondary N) is 1. The number of para-hydroxylation sites is 1. The van der Waals surface area contributed by atoms with E-state index in [2.05, 4.69) is 32.3 Å². The van der Waals surface area contributed by atoms with Gasteiger partial charge < -0.3 is 4.57 Å². The number of benzene rings is 3. The van der Waals surface area contributed by atoms with Gasteiger partial charge in [-0.05, 0) is 60.7 Å². The van der Waals surface area contributed by atoms with Crippen LogP contribution in [0.25, 0.3) is 28.1 Å². The zero-order valence-corrected chi connectivity index (χ0v) is 29.2. The van der Waals surface area contributed by atoms with Crippen LogP contribution in [-0.2, 0) is 26.5 Å². The minimum absolute atomic E-state index is 0.0898. The second-order valence-electron chi connectivity index (χ2n) is 12.1. The summed E-state index contributed by atoms with van der Waals surface area (Å²) >= 11 is 3.14. The first-order chi connectivity index (χ1) is 25.6. The standard InChI is InChI=1S/C23H15N3O.C17H11BrFN3O4/c24-15-17-8-4-5-11-20(17)21-14-18(22-12-6-7-13-25-22)16-26(23(21)27)19-9-2-1-3-10-19;18-10-4-3-9(11(19)6-10)8-21-14(24)12-2-1-5-22(12)17(16(21)26)7-13(23)20-15(17)25/h1-14,16H;1-6H,7-8H2,(H,20,23,25)/t;17-/m.1/s1. The van der Waals surface area contributed by atoms with Crippen molar-refractivity contribution in [3.8, 4) is 34.1 Å². The van der Waals surface area contributed by atoms with Crippen molar-refractivity contribution in [2.75, 3.05) is 0 Å². The molecule has 11 nitrogen and oxygen atoms in total. The maximum Gasteiger partial charge on any atom is 0.277 e. The molecule has 4 amide bonds. The average molecular weight is 770 g/mol. The molecule has 0 unspecified atom stereocenters. The molecule has 1 atom stereocenters. The average Bonchev–Trinajstić information content (AvgIpc) is 3.79. The Kier molecular flexibility index (Phi) is 9.21. The lowest BCUT2D eigenvalue weighted by atomic mass is 9.91. The van der Waals surface area contributed by atoms with E-state index in [0.29, 0.717) is 21.2 Å². The fraction of sp³-hybridized carbons (Fsp3) is 0.0750. The molecule has 8 rings (SSSR count). The highest BCUT2D eigenvalue weighted by molar-refractivity contribution is 9.10. The van der Waals surface area contributed by atoms with Crippen LogP contribution in [0.2, 0.25) is 0 Å². The fourth-order valence-electron chi connectivity index (χ4n) is 6.41. The Labute approximate surface area is 309 Å². The van der Waals surface area contributed by atoms with Gasteiger partial charge in [-0.3, -0.25) is 43.7 Å². The third kappa shape index (κ3) is 6.25. The van der Waals surface area contributed by atoms with Gasteiger partial charge in [0.15, 0.2) is 0 Å². The molecule has 0 bridgehead atoms. The lowest BCUT2D eigenvalue weighted by molar-refractivity contribution is -0.147. The first-order valence-electron chi connectivity index (χ1n) is 16.2. The van der Waals surface area contributed by atoms with Crippen molar-refractivity contribution < 1.29 is 23.6 Å². The van der Waals surface area contributed by atoms with E-state index in [1.165, 1.54) is 35.0 Å². The molecule has 1 spiro atoms. The zero-order chi connectivity index (χ0) is 37.3. The van der Waals surface area contributed by atoms with Crippen molar-refractivity contribution in [1.82, 2.24) is 24.3 Å². The number of nitrogens with zero attached hydrogens (tertiary/aromatic N) is 5. The summed E-state index contributed by atoms with van der Waals surface area (Å²) in [5.41, 5.74) is 2.07. The van der Waals surface area contributed by atoms with Crippen molar-refractivity contribution in [2.45, 2.75) is 18.5 Å². The van der Waals surface area contributed by atoms with Gasteiger partial charge in [0.2, 0.25) is 11.4 Å². The summed E-state index contributed by atoms with van der Waals surface area (Å²) in [6, 6.07) is 33.4. The maximum absolute atomic E-state index is 14.2. The van der Waals surface area contributed by atoms with Gasteiger partial charge in [0.05, 0.1) is 30.3 Å². The Balaban J connectivity index is 0.000000164. The molecule has 13 heteroatoms. The second kappa shape index (κ2) is 14.1. The van der Waals surface area contributed by atoms with E-state index in [4.69, 9.17) is 0 Å². The predicted molar refractivity (Wildman–Crippen MR) is 195 cm³/mol. The number of rotatable bonds is 5. The first-order valence-corrected chi connectivity index (χ1v) is 17.0. The van der Waals surface area contributed by atoms with E-state index in [1.54, 1.807) is 47.3 Å². The lowest BCUT2D eigenvalue weighted by Crippen LogP contribution is -2.60. The minimum atomic E-state index is -1.85. The van der Waals surface area contributed by atoms with Crippen molar-refractivity contribution in [3.05, 3.63) is 165 Å². The molecule has 0 radical (unpaired) electrons. The van der Waals surface area contributed by atoms with Crippen molar-refractivity contribution in [2.24, 2.45) is 0 Å². The van der Waals surface area contributed by atoms with Crippen LogP contribution < -0.4 is 10.9 Å². The van der Waals surface area contributed by atoms with Gasteiger partial charge in [0.1, 0.15) is 11.5 Å². The molecular formula is C40H26BrFN6O5. The molecule has 260 valence electrons. The number of imide groups is 2. The molecule has 1 N–H and O–H groups in total. The normalized spacial score (nSPS) is 16.1. The number of nitriles is 1. The molecule has 1 fully saturated rings. The molecule has 2 aliphatic heterocycles.